The highest BCUT2D eigenvalue weighted by molar-refractivity contribution is 8.07. The molecule has 96 valence electrons. The van der Waals surface area contributed by atoms with Crippen molar-refractivity contribution in [2.75, 3.05) is 11.5 Å². The first kappa shape index (κ1) is 13.3. The number of aromatic nitrogens is 2. The summed E-state index contributed by atoms with van der Waals surface area (Å²) in [7, 11) is 2.03. The first-order valence-corrected chi connectivity index (χ1v) is 7.97. The van der Waals surface area contributed by atoms with Gasteiger partial charge in [0.15, 0.2) is 0 Å². The third kappa shape index (κ3) is 3.19. The molecule has 1 fully saturated rings. The van der Waals surface area contributed by atoms with Gasteiger partial charge in [0, 0.05) is 53.9 Å². The van der Waals surface area contributed by atoms with Gasteiger partial charge in [0.05, 0.1) is 0 Å². The first-order chi connectivity index (χ1) is 8.22. The first-order valence-electron chi connectivity index (χ1n) is 5.88. The fourth-order valence-corrected chi connectivity index (χ4v) is 5.09. The van der Waals surface area contributed by atoms with Crippen molar-refractivity contribution in [1.29, 1.82) is 0 Å². The van der Waals surface area contributed by atoms with E-state index in [0.29, 0.717) is 16.5 Å². The maximum atomic E-state index is 5.72. The van der Waals surface area contributed by atoms with Gasteiger partial charge >= 0.3 is 0 Å². The van der Waals surface area contributed by atoms with Crippen LogP contribution in [-0.4, -0.2) is 37.6 Å². The van der Waals surface area contributed by atoms with Crippen molar-refractivity contribution in [3.8, 4) is 0 Å². The van der Waals surface area contributed by atoms with Crippen LogP contribution in [0.5, 0.6) is 0 Å². The minimum atomic E-state index is 0.295. The van der Waals surface area contributed by atoms with E-state index in [-0.39, 0.29) is 0 Å². The molecule has 6 heteroatoms. The average Bonchev–Trinajstić information content (AvgIpc) is 2.73. The number of rotatable bonds is 4. The van der Waals surface area contributed by atoms with Crippen molar-refractivity contribution in [3.05, 3.63) is 18.2 Å². The number of imidazole rings is 1. The Bertz CT molecular complexity index is 355. The predicted molar refractivity (Wildman–Crippen MR) is 76.2 cm³/mol. The number of nitrogens with one attached hydrogen (secondary N) is 1. The van der Waals surface area contributed by atoms with Crippen LogP contribution in [0, 0.1) is 0 Å². The number of nitrogens with two attached hydrogens (primary N) is 1. The molecule has 4 nitrogen and oxygen atoms in total. The minimum Gasteiger partial charge on any atom is -0.338 e. The molecule has 3 atom stereocenters. The fourth-order valence-electron chi connectivity index (χ4n) is 2.15. The van der Waals surface area contributed by atoms with Crippen molar-refractivity contribution in [2.24, 2.45) is 12.9 Å². The second kappa shape index (κ2) is 6.13. The van der Waals surface area contributed by atoms with E-state index >= 15 is 0 Å². The van der Waals surface area contributed by atoms with Crippen molar-refractivity contribution in [2.45, 2.75) is 29.9 Å². The van der Waals surface area contributed by atoms with Crippen LogP contribution in [0.3, 0.4) is 0 Å². The molecule has 2 rings (SSSR count). The second-order valence-corrected chi connectivity index (χ2v) is 7.11. The third-order valence-electron chi connectivity index (χ3n) is 3.17. The molecule has 1 aromatic heterocycles. The van der Waals surface area contributed by atoms with Crippen molar-refractivity contribution < 1.29 is 0 Å². The van der Waals surface area contributed by atoms with E-state index in [1.807, 2.05) is 43.0 Å². The number of hydrogen-bond donors (Lipinski definition) is 2. The molecule has 0 spiro atoms. The van der Waals surface area contributed by atoms with Crippen LogP contribution in [0.15, 0.2) is 12.4 Å². The van der Waals surface area contributed by atoms with Gasteiger partial charge in [-0.05, 0) is 0 Å². The Morgan fingerprint density at radius 1 is 1.59 bits per heavy atom. The molecule has 2 heterocycles. The molecule has 0 radical (unpaired) electrons. The molecule has 0 aromatic carbocycles. The number of hydrazine groups is 1. The summed E-state index contributed by atoms with van der Waals surface area (Å²) in [5.41, 5.74) is 2.98. The highest BCUT2D eigenvalue weighted by Crippen LogP contribution is 2.33. The van der Waals surface area contributed by atoms with Crippen LogP contribution in [0.25, 0.3) is 0 Å². The van der Waals surface area contributed by atoms with Crippen LogP contribution in [-0.2, 0) is 13.5 Å². The largest absolute Gasteiger partial charge is 0.338 e. The van der Waals surface area contributed by atoms with Gasteiger partial charge in [-0.3, -0.25) is 11.3 Å². The topological polar surface area (TPSA) is 55.9 Å². The van der Waals surface area contributed by atoms with Gasteiger partial charge in [0.25, 0.3) is 0 Å². The molecular weight excluding hydrogens is 252 g/mol. The lowest BCUT2D eigenvalue weighted by molar-refractivity contribution is 0.486. The van der Waals surface area contributed by atoms with Crippen LogP contribution in [0.4, 0.5) is 0 Å². The average molecular weight is 272 g/mol. The Hall–Kier alpha value is -0.170. The minimum absolute atomic E-state index is 0.295. The third-order valence-corrected chi connectivity index (χ3v) is 6.42. The summed E-state index contributed by atoms with van der Waals surface area (Å²) in [6.45, 7) is 2.30. The van der Waals surface area contributed by atoms with E-state index in [4.69, 9.17) is 5.84 Å². The quantitative estimate of drug-likeness (QED) is 0.633. The predicted octanol–water partition coefficient (Wildman–Crippen LogP) is 1.03. The van der Waals surface area contributed by atoms with Gasteiger partial charge in [0.2, 0.25) is 0 Å². The maximum Gasteiger partial charge on any atom is 0.110 e. The van der Waals surface area contributed by atoms with Crippen LogP contribution < -0.4 is 11.3 Å². The van der Waals surface area contributed by atoms with Crippen LogP contribution >= 0.6 is 23.5 Å². The Morgan fingerprint density at radius 3 is 2.94 bits per heavy atom. The van der Waals surface area contributed by atoms with Crippen molar-refractivity contribution >= 4 is 23.5 Å². The van der Waals surface area contributed by atoms with E-state index in [2.05, 4.69) is 21.9 Å². The lowest BCUT2D eigenvalue weighted by atomic mass is 10.1. The number of aryl methyl sites for hydroxylation is 1. The standard InChI is InChI=1S/C11H20N4S2/c1-8-11(17-6-5-16-8)9(14-12)7-10-13-3-4-15(10)2/h3-4,8-9,11,14H,5-7,12H2,1-2H3. The van der Waals surface area contributed by atoms with Gasteiger partial charge in [-0.15, -0.1) is 0 Å². The van der Waals surface area contributed by atoms with E-state index in [0.717, 1.165) is 12.2 Å². The molecule has 1 saturated heterocycles. The van der Waals surface area contributed by atoms with Gasteiger partial charge < -0.3 is 4.57 Å². The van der Waals surface area contributed by atoms with E-state index in [1.165, 1.54) is 11.5 Å². The molecule has 0 bridgehead atoms. The molecule has 1 aliphatic heterocycles. The molecule has 17 heavy (non-hydrogen) atoms. The van der Waals surface area contributed by atoms with E-state index in [1.54, 1.807) is 0 Å². The zero-order valence-electron chi connectivity index (χ0n) is 10.3. The summed E-state index contributed by atoms with van der Waals surface area (Å²) in [6, 6.07) is 0.295. The maximum absolute atomic E-state index is 5.72. The Labute approximate surface area is 111 Å². The van der Waals surface area contributed by atoms with Crippen LogP contribution in [0.1, 0.15) is 12.7 Å². The smallest absolute Gasteiger partial charge is 0.110 e. The fraction of sp³-hybridized carbons (Fsp3) is 0.727. The Balaban J connectivity index is 2.03. The molecule has 3 N–H and O–H groups in total. The molecule has 1 aromatic rings. The van der Waals surface area contributed by atoms with E-state index < -0.39 is 0 Å². The summed E-state index contributed by atoms with van der Waals surface area (Å²) < 4.78 is 2.07. The summed E-state index contributed by atoms with van der Waals surface area (Å²) in [6.07, 6.45) is 4.72. The van der Waals surface area contributed by atoms with Crippen molar-refractivity contribution in [3.63, 3.8) is 0 Å². The van der Waals surface area contributed by atoms with E-state index in [9.17, 15) is 0 Å². The highest BCUT2D eigenvalue weighted by atomic mass is 32.2. The lowest BCUT2D eigenvalue weighted by Gasteiger charge is -2.33. The molecule has 0 aliphatic carbocycles. The highest BCUT2D eigenvalue weighted by Gasteiger charge is 2.30. The summed E-state index contributed by atoms with van der Waals surface area (Å²) >= 11 is 4.07. The van der Waals surface area contributed by atoms with Crippen molar-refractivity contribution in [1.82, 2.24) is 15.0 Å². The molecule has 0 amide bonds. The zero-order chi connectivity index (χ0) is 12.3. The Morgan fingerprint density at radius 2 is 2.35 bits per heavy atom. The van der Waals surface area contributed by atoms with Gasteiger partial charge in [-0.1, -0.05) is 6.92 Å². The zero-order valence-corrected chi connectivity index (χ0v) is 11.9. The summed E-state index contributed by atoms with van der Waals surface area (Å²) in [5, 5.41) is 1.21. The van der Waals surface area contributed by atoms with Gasteiger partial charge in [-0.2, -0.15) is 23.5 Å². The number of hydrogen-bond acceptors (Lipinski definition) is 5. The molecular formula is C11H20N4S2. The van der Waals surface area contributed by atoms with Crippen LogP contribution in [0.2, 0.25) is 0 Å². The number of nitrogens with zero attached hydrogens (tertiary/aromatic N) is 2. The van der Waals surface area contributed by atoms with Gasteiger partial charge in [0.1, 0.15) is 5.82 Å². The molecule has 1 aliphatic rings. The molecule has 3 unspecified atom stereocenters. The Kier molecular flexibility index (Phi) is 4.78. The SMILES string of the molecule is CC1SCCSC1C(Cc1nccn1C)NN. The summed E-state index contributed by atoms with van der Waals surface area (Å²) in [4.78, 5) is 4.37. The normalized spacial score (nSPS) is 27.0. The monoisotopic (exact) mass is 272 g/mol. The lowest BCUT2D eigenvalue weighted by Crippen LogP contribution is -2.49. The summed E-state index contributed by atoms with van der Waals surface area (Å²) in [5.74, 6) is 9.29. The second-order valence-electron chi connectivity index (χ2n) is 4.34. The molecule has 0 saturated carbocycles. The number of thioether (sulfide) groups is 2. The van der Waals surface area contributed by atoms with Gasteiger partial charge in [-0.25, -0.2) is 4.98 Å².